The van der Waals surface area contributed by atoms with Gasteiger partial charge in [-0.25, -0.2) is 9.59 Å². The van der Waals surface area contributed by atoms with Gasteiger partial charge in [0.15, 0.2) is 0 Å². The number of carbonyl (C=O) groups excluding carboxylic acids is 2. The Kier molecular flexibility index (Phi) is 8.21. The number of rotatable bonds is 5. The summed E-state index contributed by atoms with van der Waals surface area (Å²) < 4.78 is 8.79. The number of hydrogen-bond acceptors (Lipinski definition) is 4. The van der Waals surface area contributed by atoms with Crippen molar-refractivity contribution in [1.82, 2.24) is 0 Å². The highest BCUT2D eigenvalue weighted by Crippen LogP contribution is 1.84. The molecule has 4 heteroatoms. The minimum atomic E-state index is -0.404. The summed E-state index contributed by atoms with van der Waals surface area (Å²) in [4.78, 5) is 21.3. The first-order valence-corrected chi connectivity index (χ1v) is 4.54. The average molecular weight is 222 g/mol. The number of carbonyl (C=O) groups is 2. The van der Waals surface area contributed by atoms with Crippen LogP contribution in [0, 0.1) is 0 Å². The summed E-state index contributed by atoms with van der Waals surface area (Å²) >= 11 is 0. The number of allylic oxidation sites excluding steroid dienone is 6. The van der Waals surface area contributed by atoms with Crippen LogP contribution in [0.25, 0.3) is 0 Å². The van der Waals surface area contributed by atoms with E-state index in [1.165, 1.54) is 26.4 Å². The fourth-order valence-corrected chi connectivity index (χ4v) is 0.661. The summed E-state index contributed by atoms with van der Waals surface area (Å²) in [6.45, 7) is 0. The molecule has 0 aromatic rings. The van der Waals surface area contributed by atoms with Crippen LogP contribution >= 0.6 is 0 Å². The molecule has 0 aromatic carbocycles. The van der Waals surface area contributed by atoms with Crippen LogP contribution in [0.5, 0.6) is 0 Å². The first-order chi connectivity index (χ1) is 7.70. The summed E-state index contributed by atoms with van der Waals surface area (Å²) in [6, 6.07) is 0. The van der Waals surface area contributed by atoms with E-state index >= 15 is 0 Å². The highest BCUT2D eigenvalue weighted by molar-refractivity contribution is 5.82. The minimum absolute atomic E-state index is 0.404. The number of ether oxygens (including phenoxy) is 2. The number of hydrogen-bond donors (Lipinski definition) is 0. The molecular formula is C12H14O4. The lowest BCUT2D eigenvalue weighted by molar-refractivity contribution is -0.135. The first-order valence-electron chi connectivity index (χ1n) is 4.54. The van der Waals surface area contributed by atoms with E-state index in [9.17, 15) is 9.59 Å². The molecular weight excluding hydrogens is 208 g/mol. The molecule has 0 amide bonds. The van der Waals surface area contributed by atoms with Gasteiger partial charge in [-0.15, -0.1) is 0 Å². The first kappa shape index (κ1) is 13.9. The van der Waals surface area contributed by atoms with Crippen LogP contribution in [-0.2, 0) is 19.1 Å². The van der Waals surface area contributed by atoms with Crippen molar-refractivity contribution >= 4 is 11.9 Å². The van der Waals surface area contributed by atoms with Crippen molar-refractivity contribution in [3.63, 3.8) is 0 Å². The van der Waals surface area contributed by atoms with Gasteiger partial charge in [0.1, 0.15) is 0 Å². The van der Waals surface area contributed by atoms with Crippen LogP contribution in [0.3, 0.4) is 0 Å². The largest absolute Gasteiger partial charge is 0.466 e. The van der Waals surface area contributed by atoms with Gasteiger partial charge in [0.25, 0.3) is 0 Å². The maximum absolute atomic E-state index is 10.6. The summed E-state index contributed by atoms with van der Waals surface area (Å²) in [5.41, 5.74) is 0. The van der Waals surface area contributed by atoms with Gasteiger partial charge in [0, 0.05) is 12.2 Å². The van der Waals surface area contributed by atoms with E-state index in [1.807, 2.05) is 0 Å². The Morgan fingerprint density at radius 1 is 0.688 bits per heavy atom. The maximum atomic E-state index is 10.6. The topological polar surface area (TPSA) is 52.6 Å². The van der Waals surface area contributed by atoms with Crippen molar-refractivity contribution in [3.05, 3.63) is 48.6 Å². The molecule has 0 spiro atoms. The average Bonchev–Trinajstić information content (AvgIpc) is 2.31. The highest BCUT2D eigenvalue weighted by Gasteiger charge is 1.86. The van der Waals surface area contributed by atoms with E-state index in [-0.39, 0.29) is 0 Å². The van der Waals surface area contributed by atoms with Gasteiger partial charge < -0.3 is 9.47 Å². The molecule has 16 heavy (non-hydrogen) atoms. The van der Waals surface area contributed by atoms with Crippen molar-refractivity contribution in [3.8, 4) is 0 Å². The van der Waals surface area contributed by atoms with Gasteiger partial charge in [0.2, 0.25) is 0 Å². The molecule has 0 atom stereocenters. The summed E-state index contributed by atoms with van der Waals surface area (Å²) in [7, 11) is 2.63. The molecule has 86 valence electrons. The van der Waals surface area contributed by atoms with E-state index in [1.54, 1.807) is 36.5 Å². The quantitative estimate of drug-likeness (QED) is 0.402. The molecule has 0 saturated carbocycles. The van der Waals surface area contributed by atoms with E-state index in [0.717, 1.165) is 0 Å². The van der Waals surface area contributed by atoms with E-state index in [2.05, 4.69) is 9.47 Å². The smallest absolute Gasteiger partial charge is 0.330 e. The molecule has 0 aliphatic rings. The highest BCUT2D eigenvalue weighted by atomic mass is 16.5. The molecule has 0 heterocycles. The Balaban J connectivity index is 3.88. The summed E-state index contributed by atoms with van der Waals surface area (Å²) in [5, 5.41) is 0. The molecule has 0 fully saturated rings. The zero-order valence-corrected chi connectivity index (χ0v) is 9.25. The van der Waals surface area contributed by atoms with Crippen molar-refractivity contribution < 1.29 is 19.1 Å². The van der Waals surface area contributed by atoms with Gasteiger partial charge in [-0.3, -0.25) is 0 Å². The van der Waals surface area contributed by atoms with Crippen molar-refractivity contribution in [2.75, 3.05) is 14.2 Å². The Hall–Kier alpha value is -2.10. The normalized spacial score (nSPS) is 11.9. The van der Waals surface area contributed by atoms with Gasteiger partial charge in [-0.1, -0.05) is 36.5 Å². The van der Waals surface area contributed by atoms with Gasteiger partial charge >= 0.3 is 11.9 Å². The second kappa shape index (κ2) is 9.45. The Morgan fingerprint density at radius 3 is 1.31 bits per heavy atom. The molecule has 0 rings (SSSR count). The molecule has 0 aliphatic heterocycles. The van der Waals surface area contributed by atoms with Crippen LogP contribution in [-0.4, -0.2) is 26.2 Å². The van der Waals surface area contributed by atoms with Crippen LogP contribution in [0.15, 0.2) is 48.6 Å². The Labute approximate surface area is 94.5 Å². The second-order valence-electron chi connectivity index (χ2n) is 2.53. The third-order valence-corrected chi connectivity index (χ3v) is 1.42. The number of esters is 2. The van der Waals surface area contributed by atoms with E-state index < -0.39 is 11.9 Å². The molecule has 0 bridgehead atoms. The molecule has 0 N–H and O–H groups in total. The van der Waals surface area contributed by atoms with Gasteiger partial charge in [0.05, 0.1) is 14.2 Å². The van der Waals surface area contributed by atoms with Crippen molar-refractivity contribution in [2.45, 2.75) is 0 Å². The fourth-order valence-electron chi connectivity index (χ4n) is 0.661. The zero-order valence-electron chi connectivity index (χ0n) is 9.25. The number of methoxy groups -OCH3 is 2. The Bertz CT molecular complexity index is 301. The lowest BCUT2D eigenvalue weighted by atomic mass is 10.4. The van der Waals surface area contributed by atoms with Crippen LogP contribution in [0.4, 0.5) is 0 Å². The van der Waals surface area contributed by atoms with Gasteiger partial charge in [-0.05, 0) is 0 Å². The molecule has 0 unspecified atom stereocenters. The van der Waals surface area contributed by atoms with Crippen molar-refractivity contribution in [1.29, 1.82) is 0 Å². The molecule has 0 aromatic heterocycles. The lowest BCUT2D eigenvalue weighted by Crippen LogP contribution is -1.92. The van der Waals surface area contributed by atoms with Crippen LogP contribution < -0.4 is 0 Å². The standard InChI is InChI=1S/C12H14O4/c1-15-11(13)9-7-5-3-4-6-8-10-12(14)16-2/h3-10H,1-2H3/b5-3+,6-4+,9-7+,10-8+. The lowest BCUT2D eigenvalue weighted by Gasteiger charge is -1.86. The molecule has 0 saturated heterocycles. The molecule has 4 nitrogen and oxygen atoms in total. The fraction of sp³-hybridized carbons (Fsp3) is 0.167. The monoisotopic (exact) mass is 222 g/mol. The predicted molar refractivity (Wildman–Crippen MR) is 60.6 cm³/mol. The third kappa shape index (κ3) is 8.50. The zero-order chi connectivity index (χ0) is 12.2. The minimum Gasteiger partial charge on any atom is -0.466 e. The van der Waals surface area contributed by atoms with Crippen LogP contribution in [0.1, 0.15) is 0 Å². The third-order valence-electron chi connectivity index (χ3n) is 1.42. The summed E-state index contributed by atoms with van der Waals surface area (Å²) in [5.74, 6) is -0.807. The molecule has 0 radical (unpaired) electrons. The second-order valence-corrected chi connectivity index (χ2v) is 2.53. The van der Waals surface area contributed by atoms with Crippen LogP contribution in [0.2, 0.25) is 0 Å². The Morgan fingerprint density at radius 2 is 1.00 bits per heavy atom. The predicted octanol–water partition coefficient (Wildman–Crippen LogP) is 1.56. The maximum Gasteiger partial charge on any atom is 0.330 e. The molecule has 0 aliphatic carbocycles. The van der Waals surface area contributed by atoms with Gasteiger partial charge in [-0.2, -0.15) is 0 Å². The SMILES string of the molecule is COC(=O)/C=C/C=C/C=C/C=C/C(=O)OC. The van der Waals surface area contributed by atoms with E-state index in [4.69, 9.17) is 0 Å². The summed E-state index contributed by atoms with van der Waals surface area (Å²) in [6.07, 6.45) is 12.5. The van der Waals surface area contributed by atoms with Crippen molar-refractivity contribution in [2.24, 2.45) is 0 Å². The van der Waals surface area contributed by atoms with E-state index in [0.29, 0.717) is 0 Å².